The summed E-state index contributed by atoms with van der Waals surface area (Å²) in [5, 5.41) is 9.34. The number of anilines is 1. The minimum atomic E-state index is -0.228. The van der Waals surface area contributed by atoms with Crippen LogP contribution in [0, 0.1) is 27.7 Å². The zero-order chi connectivity index (χ0) is 18.1. The lowest BCUT2D eigenvalue weighted by atomic mass is 9.98. The van der Waals surface area contributed by atoms with Gasteiger partial charge < -0.3 is 4.52 Å². The maximum Gasteiger partial charge on any atom is 0.262 e. The zero-order valence-electron chi connectivity index (χ0n) is 15.1. The van der Waals surface area contributed by atoms with Gasteiger partial charge in [0.05, 0.1) is 11.4 Å². The molecular formula is C19H21N3O2S. The number of thiazole rings is 1. The summed E-state index contributed by atoms with van der Waals surface area (Å²) >= 11 is 1.42. The van der Waals surface area contributed by atoms with Crippen LogP contribution in [0.15, 0.2) is 22.0 Å². The van der Waals surface area contributed by atoms with E-state index in [1.807, 2.05) is 12.3 Å². The molecule has 0 unspecified atom stereocenters. The maximum atomic E-state index is 12.6. The minimum Gasteiger partial charge on any atom is -0.361 e. The fourth-order valence-corrected chi connectivity index (χ4v) is 3.84. The van der Waals surface area contributed by atoms with Gasteiger partial charge in [-0.2, -0.15) is 0 Å². The van der Waals surface area contributed by atoms with Crippen LogP contribution in [0.5, 0.6) is 0 Å². The van der Waals surface area contributed by atoms with Crippen molar-refractivity contribution >= 4 is 22.4 Å². The summed E-state index contributed by atoms with van der Waals surface area (Å²) in [6.45, 7) is 9.94. The van der Waals surface area contributed by atoms with Crippen LogP contribution in [0.3, 0.4) is 0 Å². The standard InChI is InChI=1S/C19H21N3O2S/c1-6-14-17(13(5)24-22-14)18(23)21-19-20-15(9-25-19)16-11(3)7-10(2)8-12(16)4/h7-9H,6H2,1-5H3,(H,20,21,23). The average Bonchev–Trinajstić information content (AvgIpc) is 3.12. The van der Waals surface area contributed by atoms with Crippen molar-refractivity contribution < 1.29 is 9.32 Å². The zero-order valence-corrected chi connectivity index (χ0v) is 15.9. The van der Waals surface area contributed by atoms with E-state index in [0.717, 1.165) is 11.3 Å². The molecule has 0 radical (unpaired) electrons. The van der Waals surface area contributed by atoms with Gasteiger partial charge in [-0.25, -0.2) is 4.98 Å². The van der Waals surface area contributed by atoms with Gasteiger partial charge in [-0.1, -0.05) is 29.8 Å². The molecule has 2 aromatic heterocycles. The molecule has 130 valence electrons. The first-order valence-electron chi connectivity index (χ1n) is 8.21. The molecule has 1 N–H and O–H groups in total. The van der Waals surface area contributed by atoms with Gasteiger partial charge in [-0.05, 0) is 45.2 Å². The van der Waals surface area contributed by atoms with E-state index in [4.69, 9.17) is 4.52 Å². The van der Waals surface area contributed by atoms with Crippen LogP contribution in [-0.2, 0) is 6.42 Å². The summed E-state index contributed by atoms with van der Waals surface area (Å²) in [4.78, 5) is 17.2. The topological polar surface area (TPSA) is 68.0 Å². The highest BCUT2D eigenvalue weighted by Crippen LogP contribution is 2.31. The molecule has 6 heteroatoms. The fourth-order valence-electron chi connectivity index (χ4n) is 3.14. The van der Waals surface area contributed by atoms with E-state index < -0.39 is 0 Å². The predicted molar refractivity (Wildman–Crippen MR) is 100 cm³/mol. The normalized spacial score (nSPS) is 10.9. The molecule has 1 amide bonds. The Hall–Kier alpha value is -2.47. The molecular weight excluding hydrogens is 334 g/mol. The highest BCUT2D eigenvalue weighted by atomic mass is 32.1. The van der Waals surface area contributed by atoms with Crippen LogP contribution in [0.1, 0.15) is 45.4 Å². The van der Waals surface area contributed by atoms with E-state index in [1.54, 1.807) is 6.92 Å². The molecule has 1 aromatic carbocycles. The molecule has 0 spiro atoms. The Kier molecular flexibility index (Phi) is 4.72. The number of benzene rings is 1. The van der Waals surface area contributed by atoms with Gasteiger partial charge in [-0.15, -0.1) is 11.3 Å². The van der Waals surface area contributed by atoms with Gasteiger partial charge in [-0.3, -0.25) is 10.1 Å². The molecule has 0 bridgehead atoms. The summed E-state index contributed by atoms with van der Waals surface area (Å²) in [7, 11) is 0. The van der Waals surface area contributed by atoms with Crippen molar-refractivity contribution in [2.75, 3.05) is 5.32 Å². The summed E-state index contributed by atoms with van der Waals surface area (Å²) in [5.41, 5.74) is 6.77. The number of carbonyl (C=O) groups excluding carboxylic acids is 1. The Bertz CT molecular complexity index is 917. The van der Waals surface area contributed by atoms with Gasteiger partial charge in [0.2, 0.25) is 0 Å². The summed E-state index contributed by atoms with van der Waals surface area (Å²) in [6, 6.07) is 4.29. The van der Waals surface area contributed by atoms with Crippen molar-refractivity contribution in [1.82, 2.24) is 10.1 Å². The molecule has 25 heavy (non-hydrogen) atoms. The number of nitrogens with zero attached hydrogens (tertiary/aromatic N) is 2. The third-order valence-electron chi connectivity index (χ3n) is 4.15. The molecule has 0 saturated heterocycles. The lowest BCUT2D eigenvalue weighted by Crippen LogP contribution is -2.14. The number of aryl methyl sites for hydroxylation is 5. The number of carbonyl (C=O) groups is 1. The fraction of sp³-hybridized carbons (Fsp3) is 0.316. The lowest BCUT2D eigenvalue weighted by molar-refractivity contribution is 0.102. The van der Waals surface area contributed by atoms with E-state index in [-0.39, 0.29) is 5.91 Å². The first-order chi connectivity index (χ1) is 11.9. The first kappa shape index (κ1) is 17.4. The Balaban J connectivity index is 1.88. The summed E-state index contributed by atoms with van der Waals surface area (Å²) < 4.78 is 5.13. The number of amides is 1. The molecule has 3 aromatic rings. The monoisotopic (exact) mass is 355 g/mol. The third kappa shape index (κ3) is 3.35. The largest absolute Gasteiger partial charge is 0.361 e. The van der Waals surface area contributed by atoms with Crippen molar-refractivity contribution in [3.05, 3.63) is 51.2 Å². The third-order valence-corrected chi connectivity index (χ3v) is 4.91. The van der Waals surface area contributed by atoms with E-state index in [2.05, 4.69) is 48.4 Å². The van der Waals surface area contributed by atoms with E-state index in [0.29, 0.717) is 28.6 Å². The van der Waals surface area contributed by atoms with E-state index in [1.165, 1.54) is 28.0 Å². The molecule has 0 atom stereocenters. The number of rotatable bonds is 4. The van der Waals surface area contributed by atoms with Crippen LogP contribution in [0.25, 0.3) is 11.3 Å². The van der Waals surface area contributed by atoms with Crippen molar-refractivity contribution in [1.29, 1.82) is 0 Å². The highest BCUT2D eigenvalue weighted by molar-refractivity contribution is 7.14. The SMILES string of the molecule is CCc1noc(C)c1C(=O)Nc1nc(-c2c(C)cc(C)cc2C)cs1. The van der Waals surface area contributed by atoms with Gasteiger partial charge in [0.25, 0.3) is 5.91 Å². The molecule has 0 aliphatic carbocycles. The minimum absolute atomic E-state index is 0.228. The van der Waals surface area contributed by atoms with Crippen molar-refractivity contribution in [2.45, 2.75) is 41.0 Å². The number of hydrogen-bond acceptors (Lipinski definition) is 5. The van der Waals surface area contributed by atoms with E-state index >= 15 is 0 Å². The Morgan fingerprint density at radius 1 is 1.20 bits per heavy atom. The van der Waals surface area contributed by atoms with Gasteiger partial charge in [0.15, 0.2) is 5.13 Å². The van der Waals surface area contributed by atoms with Crippen LogP contribution in [0.4, 0.5) is 5.13 Å². The van der Waals surface area contributed by atoms with E-state index in [9.17, 15) is 4.79 Å². The Labute approximate surface area is 151 Å². The first-order valence-corrected chi connectivity index (χ1v) is 9.09. The molecule has 0 aliphatic heterocycles. The lowest BCUT2D eigenvalue weighted by Gasteiger charge is -2.08. The Morgan fingerprint density at radius 3 is 2.52 bits per heavy atom. The van der Waals surface area contributed by atoms with Crippen LogP contribution >= 0.6 is 11.3 Å². The van der Waals surface area contributed by atoms with Crippen molar-refractivity contribution in [3.63, 3.8) is 0 Å². The van der Waals surface area contributed by atoms with Crippen LogP contribution < -0.4 is 5.32 Å². The van der Waals surface area contributed by atoms with Gasteiger partial charge in [0.1, 0.15) is 11.3 Å². The van der Waals surface area contributed by atoms with Gasteiger partial charge >= 0.3 is 0 Å². The molecule has 3 rings (SSSR count). The second-order valence-corrected chi connectivity index (χ2v) is 7.04. The van der Waals surface area contributed by atoms with Crippen LogP contribution in [0.2, 0.25) is 0 Å². The molecule has 2 heterocycles. The summed E-state index contributed by atoms with van der Waals surface area (Å²) in [5.74, 6) is 0.296. The Morgan fingerprint density at radius 2 is 1.88 bits per heavy atom. The number of aromatic nitrogens is 2. The van der Waals surface area contributed by atoms with Crippen LogP contribution in [-0.4, -0.2) is 16.0 Å². The molecule has 5 nitrogen and oxygen atoms in total. The average molecular weight is 355 g/mol. The second kappa shape index (κ2) is 6.80. The second-order valence-electron chi connectivity index (χ2n) is 6.18. The summed E-state index contributed by atoms with van der Waals surface area (Å²) in [6.07, 6.45) is 0.644. The molecule has 0 aliphatic rings. The predicted octanol–water partition coefficient (Wildman–Crippen LogP) is 4.85. The van der Waals surface area contributed by atoms with Crippen molar-refractivity contribution in [2.24, 2.45) is 0 Å². The number of nitrogens with one attached hydrogen (secondary N) is 1. The maximum absolute atomic E-state index is 12.6. The smallest absolute Gasteiger partial charge is 0.262 e. The quantitative estimate of drug-likeness (QED) is 0.726. The number of hydrogen-bond donors (Lipinski definition) is 1. The van der Waals surface area contributed by atoms with Crippen molar-refractivity contribution in [3.8, 4) is 11.3 Å². The van der Waals surface area contributed by atoms with Gasteiger partial charge in [0, 0.05) is 10.9 Å². The molecule has 0 fully saturated rings. The molecule has 0 saturated carbocycles. The highest BCUT2D eigenvalue weighted by Gasteiger charge is 2.20.